The Bertz CT molecular complexity index is 629. The lowest BCUT2D eigenvalue weighted by Gasteiger charge is -2.23. The maximum atomic E-state index is 12.4. The molecule has 1 N–H and O–H groups in total. The van der Waals surface area contributed by atoms with Crippen molar-refractivity contribution in [1.82, 2.24) is 5.32 Å². The lowest BCUT2D eigenvalue weighted by atomic mass is 10.1. The number of rotatable bonds is 11. The van der Waals surface area contributed by atoms with E-state index in [0.717, 1.165) is 5.56 Å². The SMILES string of the molecule is CC(C)(C)OC(=O)NC(CCc1ccccc1)C(=O)OCCCCO[N+](=O)[O-]. The fraction of sp³-hybridized carbons (Fsp3) is 0.579. The standard InChI is InChI=1S/C19H28N2O7/c1-19(2,3)28-18(23)20-16(12-11-15-9-5-4-6-10-15)17(22)26-13-7-8-14-27-21(24)25/h4-6,9-10,16H,7-8,11-14H2,1-3H3,(H,20,23). The van der Waals surface area contributed by atoms with Crippen LogP contribution in [0.5, 0.6) is 0 Å². The van der Waals surface area contributed by atoms with Crippen molar-refractivity contribution in [3.05, 3.63) is 46.0 Å². The zero-order valence-electron chi connectivity index (χ0n) is 16.5. The molecule has 1 aromatic rings. The summed E-state index contributed by atoms with van der Waals surface area (Å²) in [7, 11) is 0. The number of unbranched alkanes of at least 4 members (excludes halogenated alkanes) is 1. The van der Waals surface area contributed by atoms with Crippen molar-refractivity contribution in [3.8, 4) is 0 Å². The van der Waals surface area contributed by atoms with Crippen LogP contribution in [0.4, 0.5) is 4.79 Å². The van der Waals surface area contributed by atoms with Crippen molar-refractivity contribution in [2.45, 2.75) is 58.1 Å². The summed E-state index contributed by atoms with van der Waals surface area (Å²) >= 11 is 0. The number of benzene rings is 1. The molecule has 1 unspecified atom stereocenters. The zero-order chi connectivity index (χ0) is 21.0. The van der Waals surface area contributed by atoms with E-state index in [9.17, 15) is 19.7 Å². The number of carbonyl (C=O) groups excluding carboxylic acids is 2. The second-order valence-corrected chi connectivity index (χ2v) is 7.15. The molecule has 1 rings (SSSR count). The van der Waals surface area contributed by atoms with Crippen molar-refractivity contribution in [2.24, 2.45) is 0 Å². The van der Waals surface area contributed by atoms with E-state index >= 15 is 0 Å². The molecule has 0 aromatic heterocycles. The molecule has 9 heteroatoms. The van der Waals surface area contributed by atoms with Gasteiger partial charge >= 0.3 is 12.1 Å². The minimum Gasteiger partial charge on any atom is -0.464 e. The lowest BCUT2D eigenvalue weighted by Crippen LogP contribution is -2.44. The second kappa shape index (κ2) is 11.8. The topological polar surface area (TPSA) is 117 Å². The molecule has 0 saturated carbocycles. The fourth-order valence-electron chi connectivity index (χ4n) is 2.27. The van der Waals surface area contributed by atoms with E-state index in [1.165, 1.54) is 0 Å². The van der Waals surface area contributed by atoms with E-state index in [2.05, 4.69) is 10.2 Å². The number of aryl methyl sites for hydroxylation is 1. The van der Waals surface area contributed by atoms with Gasteiger partial charge in [-0.15, -0.1) is 10.1 Å². The molecule has 1 atom stereocenters. The van der Waals surface area contributed by atoms with Crippen LogP contribution in [0.1, 0.15) is 45.6 Å². The Morgan fingerprint density at radius 1 is 1.14 bits per heavy atom. The third-order valence-corrected chi connectivity index (χ3v) is 3.52. The number of ether oxygens (including phenoxy) is 2. The molecule has 0 spiro atoms. The molecule has 0 aliphatic heterocycles. The quantitative estimate of drug-likeness (QED) is 0.264. The highest BCUT2D eigenvalue weighted by molar-refractivity contribution is 5.81. The van der Waals surface area contributed by atoms with Gasteiger partial charge in [0.05, 0.1) is 13.2 Å². The Labute approximate surface area is 164 Å². The van der Waals surface area contributed by atoms with Crippen LogP contribution in [-0.4, -0.2) is 42.0 Å². The van der Waals surface area contributed by atoms with Gasteiger partial charge in [0.25, 0.3) is 5.09 Å². The largest absolute Gasteiger partial charge is 0.464 e. The summed E-state index contributed by atoms with van der Waals surface area (Å²) in [6, 6.07) is 8.71. The molecule has 0 aliphatic rings. The van der Waals surface area contributed by atoms with E-state index < -0.39 is 28.8 Å². The van der Waals surface area contributed by atoms with Crippen LogP contribution in [0.25, 0.3) is 0 Å². The molecule has 0 saturated heterocycles. The van der Waals surface area contributed by atoms with Crippen LogP contribution in [0.3, 0.4) is 0 Å². The molecule has 0 fully saturated rings. The Balaban J connectivity index is 2.53. The first-order valence-electron chi connectivity index (χ1n) is 9.15. The summed E-state index contributed by atoms with van der Waals surface area (Å²) in [5.74, 6) is -0.572. The van der Waals surface area contributed by atoms with Gasteiger partial charge in [0.1, 0.15) is 11.6 Å². The maximum Gasteiger partial charge on any atom is 0.408 e. The molecule has 1 aromatic carbocycles. The summed E-state index contributed by atoms with van der Waals surface area (Å²) in [6.45, 7) is 5.22. The molecule has 0 heterocycles. The Morgan fingerprint density at radius 2 is 1.79 bits per heavy atom. The predicted molar refractivity (Wildman–Crippen MR) is 101 cm³/mol. The third-order valence-electron chi connectivity index (χ3n) is 3.52. The van der Waals surface area contributed by atoms with Gasteiger partial charge in [-0.3, -0.25) is 0 Å². The average Bonchev–Trinajstić information content (AvgIpc) is 2.60. The molecule has 0 radical (unpaired) electrons. The molecule has 9 nitrogen and oxygen atoms in total. The normalized spacial score (nSPS) is 12.0. The monoisotopic (exact) mass is 396 g/mol. The van der Waals surface area contributed by atoms with Gasteiger partial charge < -0.3 is 19.6 Å². The van der Waals surface area contributed by atoms with Gasteiger partial charge in [0.15, 0.2) is 0 Å². The number of nitrogens with one attached hydrogen (secondary N) is 1. The highest BCUT2D eigenvalue weighted by Crippen LogP contribution is 2.10. The number of carbonyl (C=O) groups is 2. The van der Waals surface area contributed by atoms with Crippen molar-refractivity contribution >= 4 is 12.1 Å². The van der Waals surface area contributed by atoms with Crippen LogP contribution in [0, 0.1) is 10.1 Å². The molecule has 28 heavy (non-hydrogen) atoms. The van der Waals surface area contributed by atoms with E-state index in [4.69, 9.17) is 9.47 Å². The van der Waals surface area contributed by atoms with E-state index in [1.807, 2.05) is 30.3 Å². The first-order valence-corrected chi connectivity index (χ1v) is 9.15. The summed E-state index contributed by atoms with van der Waals surface area (Å²) < 4.78 is 10.4. The summed E-state index contributed by atoms with van der Waals surface area (Å²) in [5.41, 5.74) is 0.345. The number of alkyl carbamates (subject to hydrolysis) is 1. The van der Waals surface area contributed by atoms with Crippen molar-refractivity contribution < 1.29 is 29.0 Å². The van der Waals surface area contributed by atoms with Gasteiger partial charge in [-0.25, -0.2) is 9.59 Å². The second-order valence-electron chi connectivity index (χ2n) is 7.15. The summed E-state index contributed by atoms with van der Waals surface area (Å²) in [6.07, 6.45) is 1.03. The van der Waals surface area contributed by atoms with Gasteiger partial charge in [-0.1, -0.05) is 30.3 Å². The number of hydrogen-bond donors (Lipinski definition) is 1. The predicted octanol–water partition coefficient (Wildman–Crippen LogP) is 3.04. The van der Waals surface area contributed by atoms with Crippen LogP contribution in [0.15, 0.2) is 30.3 Å². The number of esters is 1. The molecule has 1 amide bonds. The van der Waals surface area contributed by atoms with Crippen LogP contribution in [0.2, 0.25) is 0 Å². The van der Waals surface area contributed by atoms with Crippen molar-refractivity contribution in [2.75, 3.05) is 13.2 Å². The molecule has 156 valence electrons. The van der Waals surface area contributed by atoms with Crippen molar-refractivity contribution in [3.63, 3.8) is 0 Å². The summed E-state index contributed by atoms with van der Waals surface area (Å²) in [5, 5.41) is 11.8. The highest BCUT2D eigenvalue weighted by Gasteiger charge is 2.25. The third kappa shape index (κ3) is 11.0. The first-order chi connectivity index (χ1) is 13.2. The molecular weight excluding hydrogens is 368 g/mol. The smallest absolute Gasteiger partial charge is 0.408 e. The van der Waals surface area contributed by atoms with Gasteiger partial charge in [0.2, 0.25) is 0 Å². The molecule has 0 aliphatic carbocycles. The van der Waals surface area contributed by atoms with Crippen LogP contribution < -0.4 is 5.32 Å². The van der Waals surface area contributed by atoms with E-state index in [1.54, 1.807) is 20.8 Å². The molecular formula is C19H28N2O7. The first kappa shape index (κ1) is 23.2. The zero-order valence-corrected chi connectivity index (χ0v) is 16.5. The van der Waals surface area contributed by atoms with Crippen LogP contribution >= 0.6 is 0 Å². The minimum absolute atomic E-state index is 0.0574. The Morgan fingerprint density at radius 3 is 2.39 bits per heavy atom. The Hall–Kier alpha value is -2.84. The summed E-state index contributed by atoms with van der Waals surface area (Å²) in [4.78, 5) is 38.7. The minimum atomic E-state index is -0.865. The Kier molecular flexibility index (Phi) is 9.76. The maximum absolute atomic E-state index is 12.4. The van der Waals surface area contributed by atoms with Gasteiger partial charge in [-0.05, 0) is 52.0 Å². The van der Waals surface area contributed by atoms with Gasteiger partial charge in [0, 0.05) is 0 Å². The van der Waals surface area contributed by atoms with Crippen molar-refractivity contribution in [1.29, 1.82) is 0 Å². The lowest BCUT2D eigenvalue weighted by molar-refractivity contribution is -0.757. The number of amides is 1. The average molecular weight is 396 g/mol. The van der Waals surface area contributed by atoms with Gasteiger partial charge in [-0.2, -0.15) is 0 Å². The fourth-order valence-corrected chi connectivity index (χ4v) is 2.27. The number of hydrogen-bond acceptors (Lipinski definition) is 7. The number of nitrogens with zero attached hydrogens (tertiary/aromatic N) is 1. The molecule has 0 bridgehead atoms. The van der Waals surface area contributed by atoms with E-state index in [0.29, 0.717) is 25.7 Å². The van der Waals surface area contributed by atoms with Crippen LogP contribution in [-0.2, 0) is 25.5 Å². The van der Waals surface area contributed by atoms with E-state index in [-0.39, 0.29) is 13.2 Å². The highest BCUT2D eigenvalue weighted by atomic mass is 16.9.